The zero-order valence-electron chi connectivity index (χ0n) is 18.3. The normalized spacial score (nSPS) is 14.3. The number of hydrogen-bond acceptors (Lipinski definition) is 4. The summed E-state index contributed by atoms with van der Waals surface area (Å²) in [7, 11) is 0. The summed E-state index contributed by atoms with van der Waals surface area (Å²) in [5.41, 5.74) is 1.29. The standard InChI is InChI=1S/C24H32N2O4/c1-17(20-14-10-7-11-15-20)25-22(27)21(26-23(28)30-24(3,4)5)18(2)29-16-19-12-8-6-9-13-19/h6-15,17-18,21H,16H2,1-5H3,(H,25,27)(H,26,28)/t17-,18-,21+/m0/s1. The van der Waals surface area contributed by atoms with Gasteiger partial charge in [0.25, 0.3) is 0 Å². The highest BCUT2D eigenvalue weighted by Crippen LogP contribution is 2.14. The van der Waals surface area contributed by atoms with Gasteiger partial charge in [-0.15, -0.1) is 0 Å². The summed E-state index contributed by atoms with van der Waals surface area (Å²) >= 11 is 0. The van der Waals surface area contributed by atoms with Crippen molar-refractivity contribution in [3.05, 3.63) is 71.8 Å². The molecule has 0 saturated heterocycles. The van der Waals surface area contributed by atoms with Crippen molar-refractivity contribution >= 4 is 12.0 Å². The molecule has 0 saturated carbocycles. The van der Waals surface area contributed by atoms with Crippen molar-refractivity contribution in [1.29, 1.82) is 0 Å². The molecule has 3 atom stereocenters. The van der Waals surface area contributed by atoms with Gasteiger partial charge in [-0.3, -0.25) is 4.79 Å². The molecule has 6 heteroatoms. The van der Waals surface area contributed by atoms with E-state index in [-0.39, 0.29) is 11.9 Å². The van der Waals surface area contributed by atoms with Crippen LogP contribution in [0.2, 0.25) is 0 Å². The molecule has 0 aliphatic heterocycles. The Hall–Kier alpha value is -2.86. The maximum atomic E-state index is 13.0. The third-order valence-electron chi connectivity index (χ3n) is 4.44. The zero-order valence-corrected chi connectivity index (χ0v) is 18.3. The number of hydrogen-bond donors (Lipinski definition) is 2. The molecule has 2 N–H and O–H groups in total. The topological polar surface area (TPSA) is 76.7 Å². The van der Waals surface area contributed by atoms with E-state index in [1.54, 1.807) is 27.7 Å². The minimum atomic E-state index is -0.908. The van der Waals surface area contributed by atoms with Gasteiger partial charge in [-0.1, -0.05) is 60.7 Å². The minimum absolute atomic E-state index is 0.219. The summed E-state index contributed by atoms with van der Waals surface area (Å²) in [4.78, 5) is 25.4. The number of ether oxygens (including phenoxy) is 2. The van der Waals surface area contributed by atoms with E-state index >= 15 is 0 Å². The van der Waals surface area contributed by atoms with Crippen LogP contribution in [0.15, 0.2) is 60.7 Å². The van der Waals surface area contributed by atoms with Crippen LogP contribution in [-0.2, 0) is 20.9 Å². The number of carbonyl (C=O) groups excluding carboxylic acids is 2. The highest BCUT2D eigenvalue weighted by molar-refractivity contribution is 5.86. The van der Waals surface area contributed by atoms with E-state index in [0.29, 0.717) is 6.61 Å². The Labute approximate surface area is 179 Å². The molecule has 2 amide bonds. The Morgan fingerprint density at radius 3 is 2.03 bits per heavy atom. The number of nitrogens with one attached hydrogen (secondary N) is 2. The van der Waals surface area contributed by atoms with Crippen molar-refractivity contribution in [3.8, 4) is 0 Å². The predicted octanol–water partition coefficient (Wildman–Crippen LogP) is 4.36. The Morgan fingerprint density at radius 1 is 0.900 bits per heavy atom. The lowest BCUT2D eigenvalue weighted by atomic mass is 10.1. The van der Waals surface area contributed by atoms with Gasteiger partial charge < -0.3 is 20.1 Å². The summed E-state index contributed by atoms with van der Waals surface area (Å²) in [5, 5.41) is 5.62. The number of alkyl carbamates (subject to hydrolysis) is 1. The van der Waals surface area contributed by atoms with E-state index in [1.807, 2.05) is 67.6 Å². The lowest BCUT2D eigenvalue weighted by Gasteiger charge is -2.28. The molecule has 2 aromatic rings. The van der Waals surface area contributed by atoms with Crippen LogP contribution < -0.4 is 10.6 Å². The fourth-order valence-corrected chi connectivity index (χ4v) is 2.86. The Kier molecular flexibility index (Phi) is 8.42. The molecule has 0 unspecified atom stereocenters. The van der Waals surface area contributed by atoms with Crippen molar-refractivity contribution < 1.29 is 19.1 Å². The first-order chi connectivity index (χ1) is 14.2. The molecule has 0 bridgehead atoms. The molecule has 0 spiro atoms. The maximum absolute atomic E-state index is 13.0. The van der Waals surface area contributed by atoms with Crippen molar-refractivity contribution in [3.63, 3.8) is 0 Å². The van der Waals surface area contributed by atoms with Gasteiger partial charge in [0.2, 0.25) is 5.91 Å². The van der Waals surface area contributed by atoms with Gasteiger partial charge in [-0.05, 0) is 45.7 Å². The third-order valence-corrected chi connectivity index (χ3v) is 4.44. The zero-order chi connectivity index (χ0) is 22.1. The van der Waals surface area contributed by atoms with Gasteiger partial charge in [-0.2, -0.15) is 0 Å². The first kappa shape index (κ1) is 23.4. The van der Waals surface area contributed by atoms with E-state index in [2.05, 4.69) is 10.6 Å². The number of rotatable bonds is 8. The van der Waals surface area contributed by atoms with Gasteiger partial charge in [0, 0.05) is 0 Å². The molecule has 0 fully saturated rings. The van der Waals surface area contributed by atoms with Crippen LogP contribution in [0.1, 0.15) is 51.8 Å². The molecule has 0 aliphatic rings. The van der Waals surface area contributed by atoms with Crippen molar-refractivity contribution in [2.24, 2.45) is 0 Å². The van der Waals surface area contributed by atoms with E-state index in [1.165, 1.54) is 0 Å². The first-order valence-corrected chi connectivity index (χ1v) is 10.2. The van der Waals surface area contributed by atoms with Crippen molar-refractivity contribution in [2.75, 3.05) is 0 Å². The second-order valence-electron chi connectivity index (χ2n) is 8.27. The minimum Gasteiger partial charge on any atom is -0.444 e. The first-order valence-electron chi connectivity index (χ1n) is 10.2. The highest BCUT2D eigenvalue weighted by atomic mass is 16.6. The van der Waals surface area contributed by atoms with E-state index in [0.717, 1.165) is 11.1 Å². The van der Waals surface area contributed by atoms with Crippen LogP contribution in [0, 0.1) is 0 Å². The smallest absolute Gasteiger partial charge is 0.408 e. The lowest BCUT2D eigenvalue weighted by molar-refractivity contribution is -0.127. The molecule has 0 aliphatic carbocycles. The van der Waals surface area contributed by atoms with Gasteiger partial charge in [0.15, 0.2) is 0 Å². The van der Waals surface area contributed by atoms with E-state index < -0.39 is 23.8 Å². The Balaban J connectivity index is 2.08. The second-order valence-corrected chi connectivity index (χ2v) is 8.27. The Morgan fingerprint density at radius 2 is 1.47 bits per heavy atom. The van der Waals surface area contributed by atoms with E-state index in [4.69, 9.17) is 9.47 Å². The monoisotopic (exact) mass is 412 g/mol. The summed E-state index contributed by atoms with van der Waals surface area (Å²) in [5.74, 6) is -0.335. The molecule has 2 rings (SSSR count). The van der Waals surface area contributed by atoms with Crippen LogP contribution in [0.25, 0.3) is 0 Å². The summed E-state index contributed by atoms with van der Waals surface area (Å²) in [6.45, 7) is 9.30. The average Bonchev–Trinajstić information content (AvgIpc) is 2.70. The fourth-order valence-electron chi connectivity index (χ4n) is 2.86. The highest BCUT2D eigenvalue weighted by Gasteiger charge is 2.30. The summed E-state index contributed by atoms with van der Waals surface area (Å²) in [6, 6.07) is 18.2. The fraction of sp³-hybridized carbons (Fsp3) is 0.417. The number of carbonyl (C=O) groups is 2. The molecule has 2 aromatic carbocycles. The predicted molar refractivity (Wildman–Crippen MR) is 117 cm³/mol. The Bertz CT molecular complexity index is 803. The van der Waals surface area contributed by atoms with Crippen LogP contribution >= 0.6 is 0 Å². The van der Waals surface area contributed by atoms with Gasteiger partial charge >= 0.3 is 6.09 Å². The van der Waals surface area contributed by atoms with Crippen molar-refractivity contribution in [2.45, 2.75) is 65.0 Å². The SMILES string of the molecule is C[C@H](NC(=O)[C@H](NC(=O)OC(C)(C)C)[C@H](C)OCc1ccccc1)c1ccccc1. The second kappa shape index (κ2) is 10.8. The molecular formula is C24H32N2O4. The number of benzene rings is 2. The molecule has 0 aromatic heterocycles. The van der Waals surface area contributed by atoms with Crippen LogP contribution in [0.5, 0.6) is 0 Å². The van der Waals surface area contributed by atoms with E-state index in [9.17, 15) is 9.59 Å². The molecule has 6 nitrogen and oxygen atoms in total. The molecular weight excluding hydrogens is 380 g/mol. The average molecular weight is 413 g/mol. The van der Waals surface area contributed by atoms with Crippen LogP contribution in [-0.4, -0.2) is 29.7 Å². The van der Waals surface area contributed by atoms with Crippen LogP contribution in [0.4, 0.5) is 4.79 Å². The lowest BCUT2D eigenvalue weighted by Crippen LogP contribution is -2.54. The quantitative estimate of drug-likeness (QED) is 0.675. The van der Waals surface area contributed by atoms with Gasteiger partial charge in [0.05, 0.1) is 18.8 Å². The summed E-state index contributed by atoms with van der Waals surface area (Å²) in [6.07, 6.45) is -1.23. The molecule has 30 heavy (non-hydrogen) atoms. The molecule has 162 valence electrons. The van der Waals surface area contributed by atoms with Crippen molar-refractivity contribution in [1.82, 2.24) is 10.6 Å². The van der Waals surface area contributed by atoms with Crippen LogP contribution in [0.3, 0.4) is 0 Å². The summed E-state index contributed by atoms with van der Waals surface area (Å²) < 4.78 is 11.2. The van der Waals surface area contributed by atoms with Gasteiger partial charge in [-0.25, -0.2) is 4.79 Å². The maximum Gasteiger partial charge on any atom is 0.408 e. The molecule has 0 heterocycles. The van der Waals surface area contributed by atoms with Gasteiger partial charge in [0.1, 0.15) is 11.6 Å². The largest absolute Gasteiger partial charge is 0.444 e. The molecule has 0 radical (unpaired) electrons. The number of amides is 2. The third kappa shape index (κ3) is 7.87.